The molecule has 0 aliphatic heterocycles. The van der Waals surface area contributed by atoms with Gasteiger partial charge in [-0.3, -0.25) is 9.78 Å². The molecule has 0 amide bonds. The van der Waals surface area contributed by atoms with Crippen LogP contribution in [0.25, 0.3) is 51.6 Å². The van der Waals surface area contributed by atoms with Crippen LogP contribution in [0.15, 0.2) is 53.7 Å². The van der Waals surface area contributed by atoms with Crippen LogP contribution >= 0.6 is 34.0 Å². The summed E-state index contributed by atoms with van der Waals surface area (Å²) in [6.45, 7) is 25.9. The monoisotopic (exact) mass is 931 g/mol. The topological polar surface area (TPSA) is 50.2 Å². The van der Waals surface area contributed by atoms with Crippen LogP contribution < -0.4 is 0 Å². The van der Waals surface area contributed by atoms with Gasteiger partial charge in [-0.05, 0) is 83.5 Å². The fourth-order valence-electron chi connectivity index (χ4n) is 6.67. The number of benzene rings is 2. The predicted molar refractivity (Wildman–Crippen MR) is 227 cm³/mol. The summed E-state index contributed by atoms with van der Waals surface area (Å²) in [6, 6.07) is 15.1. The van der Waals surface area contributed by atoms with E-state index in [0.29, 0.717) is 5.92 Å². The standard InChI is InChI=1S/C30H28NS3.C15H28O2.Ir/c1-16(2)13-24-17(3)25-23(33-24)8-7-20-21-9-11-31-26(29(21)34-28(20)25)19-14-18-10-12-32-27(18)22(15-19)30(4,5)6;1-7-14(5,8-2)12(16)11-13(17)15(6,9-3)10-4;/h7-12,15-16H,13H2,1-6H3;11,16H,7-10H2,1-6H3;/q-1;;/b;12-11-;. The molecule has 7 heteroatoms. The van der Waals surface area contributed by atoms with Crippen LogP contribution in [0.3, 0.4) is 0 Å². The average Bonchev–Trinajstić information content (AvgIpc) is 3.81. The largest absolute Gasteiger partial charge is 0.512 e. The van der Waals surface area contributed by atoms with Crippen molar-refractivity contribution >= 4 is 80.1 Å². The van der Waals surface area contributed by atoms with Crippen LogP contribution in [0.2, 0.25) is 0 Å². The number of aliphatic hydroxyl groups is 1. The molecule has 6 rings (SSSR count). The second-order valence-corrected chi connectivity index (χ2v) is 19.2. The second-order valence-electron chi connectivity index (χ2n) is 16.1. The van der Waals surface area contributed by atoms with Gasteiger partial charge in [-0.1, -0.05) is 93.4 Å². The second kappa shape index (κ2) is 16.5. The number of carbonyl (C=O) groups excluding carboxylic acids is 1. The molecule has 0 saturated carbocycles. The van der Waals surface area contributed by atoms with Crippen molar-refractivity contribution in [3.63, 3.8) is 0 Å². The number of ketones is 1. The number of aromatic nitrogens is 1. The molecule has 0 unspecified atom stereocenters. The van der Waals surface area contributed by atoms with E-state index in [2.05, 4.69) is 83.3 Å². The third kappa shape index (κ3) is 8.15. The molecule has 281 valence electrons. The van der Waals surface area contributed by atoms with Crippen molar-refractivity contribution in [1.82, 2.24) is 4.98 Å². The van der Waals surface area contributed by atoms with E-state index in [0.717, 1.165) is 43.4 Å². The molecule has 3 nitrogen and oxygen atoms in total. The van der Waals surface area contributed by atoms with Crippen molar-refractivity contribution in [2.45, 2.75) is 121 Å². The number of aliphatic hydroxyl groups excluding tert-OH is 1. The van der Waals surface area contributed by atoms with Crippen LogP contribution in [0, 0.1) is 29.7 Å². The summed E-state index contributed by atoms with van der Waals surface area (Å²) in [7, 11) is 0. The first-order valence-corrected chi connectivity index (χ1v) is 21.1. The van der Waals surface area contributed by atoms with Gasteiger partial charge in [0, 0.05) is 78.7 Å². The van der Waals surface area contributed by atoms with E-state index in [1.807, 2.05) is 81.7 Å². The first-order chi connectivity index (χ1) is 24.0. The summed E-state index contributed by atoms with van der Waals surface area (Å²) in [5.41, 5.74) is 4.46. The summed E-state index contributed by atoms with van der Waals surface area (Å²) in [4.78, 5) is 18.6. The molecule has 6 aromatic rings. The van der Waals surface area contributed by atoms with Gasteiger partial charge < -0.3 is 5.11 Å². The molecule has 1 radical (unpaired) electrons. The Labute approximate surface area is 337 Å². The maximum absolute atomic E-state index is 12.2. The van der Waals surface area contributed by atoms with Gasteiger partial charge in [-0.25, -0.2) is 0 Å². The maximum Gasteiger partial charge on any atom is 0.164 e. The van der Waals surface area contributed by atoms with E-state index in [1.54, 1.807) is 0 Å². The molecule has 0 spiro atoms. The zero-order valence-corrected chi connectivity index (χ0v) is 37.9. The quantitative estimate of drug-likeness (QED) is 0.0846. The van der Waals surface area contributed by atoms with E-state index in [1.165, 1.54) is 62.4 Å². The Morgan fingerprint density at radius 2 is 1.52 bits per heavy atom. The summed E-state index contributed by atoms with van der Waals surface area (Å²) < 4.78 is 5.42. The Hall–Kier alpha value is -2.41. The minimum absolute atomic E-state index is 0. The van der Waals surface area contributed by atoms with E-state index < -0.39 is 0 Å². The Morgan fingerprint density at radius 3 is 2.12 bits per heavy atom. The normalized spacial score (nSPS) is 12.9. The number of rotatable bonds is 10. The van der Waals surface area contributed by atoms with Crippen LogP contribution in [0.1, 0.15) is 118 Å². The number of carbonyl (C=O) groups is 1. The molecule has 0 saturated heterocycles. The van der Waals surface area contributed by atoms with Crippen molar-refractivity contribution in [2.24, 2.45) is 16.7 Å². The van der Waals surface area contributed by atoms with E-state index in [9.17, 15) is 9.90 Å². The number of pyridine rings is 1. The molecule has 2 aromatic carbocycles. The molecule has 0 atom stereocenters. The Morgan fingerprint density at radius 1 is 0.885 bits per heavy atom. The molecule has 4 heterocycles. The predicted octanol–water partition coefficient (Wildman–Crippen LogP) is 14.8. The molecule has 0 fully saturated rings. The van der Waals surface area contributed by atoms with Crippen LogP contribution in [-0.2, 0) is 36.7 Å². The third-order valence-electron chi connectivity index (χ3n) is 11.3. The molecule has 4 aromatic heterocycles. The summed E-state index contributed by atoms with van der Waals surface area (Å²) in [5, 5.41) is 17.6. The van der Waals surface area contributed by atoms with Gasteiger partial charge >= 0.3 is 0 Å². The van der Waals surface area contributed by atoms with Gasteiger partial charge in [0.25, 0.3) is 0 Å². The zero-order valence-electron chi connectivity index (χ0n) is 33.1. The number of hydrogen-bond acceptors (Lipinski definition) is 6. The first kappa shape index (κ1) is 42.3. The van der Waals surface area contributed by atoms with Gasteiger partial charge in [0.15, 0.2) is 5.78 Å². The summed E-state index contributed by atoms with van der Waals surface area (Å²) in [6.07, 6.45) is 7.88. The maximum atomic E-state index is 12.2. The van der Waals surface area contributed by atoms with Gasteiger partial charge in [-0.15, -0.1) is 46.3 Å². The van der Waals surface area contributed by atoms with E-state index >= 15 is 0 Å². The van der Waals surface area contributed by atoms with Crippen LogP contribution in [-0.4, -0.2) is 15.9 Å². The number of hydrogen-bond donors (Lipinski definition) is 1. The Kier molecular flexibility index (Phi) is 13.5. The number of thiophene rings is 3. The van der Waals surface area contributed by atoms with Crippen molar-refractivity contribution in [1.29, 1.82) is 0 Å². The molecule has 52 heavy (non-hydrogen) atoms. The molecule has 0 aliphatic rings. The van der Waals surface area contributed by atoms with Gasteiger partial charge in [0.2, 0.25) is 0 Å². The Bertz CT molecular complexity index is 2220. The average molecular weight is 931 g/mol. The van der Waals surface area contributed by atoms with Crippen molar-refractivity contribution in [3.8, 4) is 11.3 Å². The van der Waals surface area contributed by atoms with Gasteiger partial charge in [0.05, 0.1) is 0 Å². The number of allylic oxidation sites excluding steroid dienone is 2. The molecule has 0 bridgehead atoms. The van der Waals surface area contributed by atoms with E-state index in [-0.39, 0.29) is 47.9 Å². The van der Waals surface area contributed by atoms with Gasteiger partial charge in [0.1, 0.15) is 5.76 Å². The van der Waals surface area contributed by atoms with Crippen molar-refractivity contribution in [3.05, 3.63) is 75.8 Å². The Balaban J connectivity index is 0.000000289. The van der Waals surface area contributed by atoms with Crippen LogP contribution in [0.5, 0.6) is 0 Å². The SMILES string of the molecule is CCC(C)(CC)C(=O)/C=C(\O)C(C)(CC)CC.Cc1c(CC(C)C)sc2ccc3c4ccnc(-c5[c-]c6ccsc6c(C(C)(C)C)c5)c4sc3c12.[Ir]. The summed E-state index contributed by atoms with van der Waals surface area (Å²) in [5.74, 6) is 0.953. The number of nitrogens with zero attached hydrogens (tertiary/aromatic N) is 1. The van der Waals surface area contributed by atoms with Crippen molar-refractivity contribution < 1.29 is 30.0 Å². The first-order valence-electron chi connectivity index (χ1n) is 18.6. The van der Waals surface area contributed by atoms with Crippen LogP contribution in [0.4, 0.5) is 0 Å². The third-order valence-corrected chi connectivity index (χ3v) is 14.7. The minimum Gasteiger partial charge on any atom is -0.512 e. The van der Waals surface area contributed by atoms with Crippen molar-refractivity contribution in [2.75, 3.05) is 0 Å². The summed E-state index contributed by atoms with van der Waals surface area (Å²) >= 11 is 5.69. The molecular formula is C45H56IrNO2S3-. The molecular weight excluding hydrogens is 875 g/mol. The zero-order chi connectivity index (χ0) is 37.5. The number of aryl methyl sites for hydroxylation is 1. The minimum atomic E-state index is -0.337. The van der Waals surface area contributed by atoms with E-state index in [4.69, 9.17) is 4.98 Å². The fraction of sp³-hybridized carbons (Fsp3) is 0.467. The smallest absolute Gasteiger partial charge is 0.164 e. The molecule has 1 N–H and O–H groups in total. The van der Waals surface area contributed by atoms with Gasteiger partial charge in [-0.2, -0.15) is 11.3 Å². The number of fused-ring (bicyclic) bond motifs is 6. The fourth-order valence-corrected chi connectivity index (χ4v) is 10.6. The molecule has 0 aliphatic carbocycles.